The van der Waals surface area contributed by atoms with Crippen molar-refractivity contribution in [3.8, 4) is 0 Å². The van der Waals surface area contributed by atoms with Crippen LogP contribution in [0.2, 0.25) is 0 Å². The first-order valence-corrected chi connectivity index (χ1v) is 18.6. The van der Waals surface area contributed by atoms with Gasteiger partial charge in [0.15, 0.2) is 6.10 Å². The number of hydrogen-bond acceptors (Lipinski definition) is 16. The van der Waals surface area contributed by atoms with Crippen molar-refractivity contribution < 1.29 is 76.9 Å². The van der Waals surface area contributed by atoms with Crippen LogP contribution >= 0.6 is 0 Å². The summed E-state index contributed by atoms with van der Waals surface area (Å²) >= 11 is 0. The molecule has 2 bridgehead atoms. The van der Waals surface area contributed by atoms with Gasteiger partial charge in [0.2, 0.25) is 0 Å². The third kappa shape index (κ3) is 6.77. The van der Waals surface area contributed by atoms with Crippen molar-refractivity contribution in [2.75, 3.05) is 13.7 Å². The largest absolute Gasteiger partial charge is 0.472 e. The van der Waals surface area contributed by atoms with E-state index in [9.17, 15) is 39.3 Å². The van der Waals surface area contributed by atoms with E-state index in [1.165, 1.54) is 19.6 Å². The van der Waals surface area contributed by atoms with Crippen molar-refractivity contribution in [1.82, 2.24) is 0 Å². The molecule has 14 atom stereocenters. The Morgan fingerprint density at radius 2 is 1.76 bits per heavy atom. The Kier molecular flexibility index (Phi) is 11.7. The topological polar surface area (TPSA) is 224 Å². The SMILES string of the molecule is C=C1C(C2(C)C(OC(C)=O)CC3(O)OCC(C)(O3)C2CC(=O)OC)C(OC=O)C(OC(=O)C(O)C(C)CC)C2(C)C(c3ccoc3)CC(OC(=O)CC)C12O. The molecule has 0 radical (unpaired) electrons. The molecule has 1 aromatic rings. The van der Waals surface area contributed by atoms with Gasteiger partial charge in [0.05, 0.1) is 50.1 Å². The molecule has 3 N–H and O–H groups in total. The number of carbonyl (C=O) groups is 5. The molecular formula is C39H54O16. The number of ether oxygens (including phenoxy) is 7. The van der Waals surface area contributed by atoms with Gasteiger partial charge in [-0.3, -0.25) is 19.2 Å². The van der Waals surface area contributed by atoms with Crippen LogP contribution in [0.5, 0.6) is 0 Å². The third-order valence-corrected chi connectivity index (χ3v) is 13.1. The second-order valence-corrected chi connectivity index (χ2v) is 16.0. The van der Waals surface area contributed by atoms with E-state index in [2.05, 4.69) is 6.58 Å². The van der Waals surface area contributed by atoms with Crippen molar-refractivity contribution in [3.05, 3.63) is 36.3 Å². The first-order valence-electron chi connectivity index (χ1n) is 18.6. The van der Waals surface area contributed by atoms with Gasteiger partial charge >= 0.3 is 23.9 Å². The molecule has 14 unspecified atom stereocenters. The van der Waals surface area contributed by atoms with Gasteiger partial charge in [-0.2, -0.15) is 0 Å². The van der Waals surface area contributed by atoms with Crippen molar-refractivity contribution >= 4 is 30.3 Å². The number of fused-ring (bicyclic) bond motifs is 3. The molecule has 2 saturated carbocycles. The number of aliphatic hydroxyl groups is 3. The maximum Gasteiger partial charge on any atom is 0.335 e. The van der Waals surface area contributed by atoms with Gasteiger partial charge < -0.3 is 52.9 Å². The highest BCUT2D eigenvalue weighted by atomic mass is 16.9. The van der Waals surface area contributed by atoms with E-state index < -0.39 is 119 Å². The van der Waals surface area contributed by atoms with E-state index >= 15 is 0 Å². The van der Waals surface area contributed by atoms with Crippen LogP contribution in [0.25, 0.3) is 0 Å². The van der Waals surface area contributed by atoms with E-state index in [-0.39, 0.29) is 31.5 Å². The first kappa shape index (κ1) is 42.3. The lowest BCUT2D eigenvalue weighted by molar-refractivity contribution is -0.328. The summed E-state index contributed by atoms with van der Waals surface area (Å²) in [4.78, 5) is 66.1. The lowest BCUT2D eigenvalue weighted by Gasteiger charge is -2.62. The highest BCUT2D eigenvalue weighted by Crippen LogP contribution is 2.70. The summed E-state index contributed by atoms with van der Waals surface area (Å²) in [5.74, 6) is -9.55. The number of rotatable bonds is 13. The van der Waals surface area contributed by atoms with Gasteiger partial charge in [0.25, 0.3) is 12.4 Å². The normalized spacial score (nSPS) is 40.6. The fourth-order valence-corrected chi connectivity index (χ4v) is 10.0. The molecule has 306 valence electrons. The van der Waals surface area contributed by atoms with Crippen molar-refractivity contribution in [3.63, 3.8) is 0 Å². The number of methoxy groups -OCH3 is 1. The number of esters is 4. The lowest BCUT2D eigenvalue weighted by atomic mass is 9.46. The number of aliphatic hydroxyl groups excluding tert-OH is 1. The van der Waals surface area contributed by atoms with E-state index in [1.54, 1.807) is 47.6 Å². The van der Waals surface area contributed by atoms with Gasteiger partial charge in [0, 0.05) is 36.5 Å². The zero-order valence-electron chi connectivity index (χ0n) is 32.6. The van der Waals surface area contributed by atoms with Crippen molar-refractivity contribution in [2.45, 2.75) is 134 Å². The Labute approximate surface area is 319 Å². The van der Waals surface area contributed by atoms with Crippen LogP contribution in [0.3, 0.4) is 0 Å². The summed E-state index contributed by atoms with van der Waals surface area (Å²) in [7, 11) is 1.18. The van der Waals surface area contributed by atoms with Crippen LogP contribution in [0.15, 0.2) is 35.2 Å². The van der Waals surface area contributed by atoms with Crippen LogP contribution < -0.4 is 0 Å². The highest BCUT2D eigenvalue weighted by molar-refractivity contribution is 5.75. The van der Waals surface area contributed by atoms with Crippen LogP contribution in [0.4, 0.5) is 0 Å². The van der Waals surface area contributed by atoms with Crippen LogP contribution in [-0.2, 0) is 57.1 Å². The standard InChI is InChI=1S/C39H54O16/c1-10-20(3)31(44)34(45)54-33-32(50-19-40)30(21(4)39(47)26(53-28(42)11-2)14-24(37(33,39)8)23-12-13-49-17-23)36(7)25(15-29(43)48-9)35(6)18-51-38(46,55-35)16-27(36)52-22(5)41/h12-13,17,19-20,24-27,30-33,44,46-47H,4,10-11,14-16,18H2,1-3,5-9H3. The predicted molar refractivity (Wildman–Crippen MR) is 187 cm³/mol. The van der Waals surface area contributed by atoms with Crippen LogP contribution in [0.1, 0.15) is 92.1 Å². The van der Waals surface area contributed by atoms with Crippen molar-refractivity contribution in [1.29, 1.82) is 0 Å². The van der Waals surface area contributed by atoms with Gasteiger partial charge in [0.1, 0.15) is 30.0 Å². The second kappa shape index (κ2) is 15.3. The van der Waals surface area contributed by atoms with E-state index in [0.29, 0.717) is 12.0 Å². The fourth-order valence-electron chi connectivity index (χ4n) is 10.0. The Hall–Kier alpha value is -3.83. The highest BCUT2D eigenvalue weighted by Gasteiger charge is 2.79. The Morgan fingerprint density at radius 3 is 2.33 bits per heavy atom. The van der Waals surface area contributed by atoms with Crippen LogP contribution in [0, 0.1) is 28.6 Å². The van der Waals surface area contributed by atoms with Gasteiger partial charge in [-0.25, -0.2) is 4.79 Å². The summed E-state index contributed by atoms with van der Waals surface area (Å²) in [5, 5.41) is 36.3. The molecule has 1 aromatic heterocycles. The van der Waals surface area contributed by atoms with Crippen molar-refractivity contribution in [2.24, 2.45) is 28.6 Å². The summed E-state index contributed by atoms with van der Waals surface area (Å²) in [6.07, 6.45) is -5.48. The zero-order chi connectivity index (χ0) is 40.9. The summed E-state index contributed by atoms with van der Waals surface area (Å²) in [6, 6.07) is 1.64. The Bertz CT molecular complexity index is 1640. The van der Waals surface area contributed by atoms with E-state index in [4.69, 9.17) is 37.6 Å². The summed E-state index contributed by atoms with van der Waals surface area (Å²) in [5.41, 5.74) is -6.85. The van der Waals surface area contributed by atoms with Crippen LogP contribution in [-0.4, -0.2) is 107 Å². The molecule has 4 fully saturated rings. The number of furan rings is 1. The minimum absolute atomic E-state index is 0.0517. The maximum absolute atomic E-state index is 14.0. The van der Waals surface area contributed by atoms with Gasteiger partial charge in [-0.15, -0.1) is 0 Å². The van der Waals surface area contributed by atoms with Gasteiger partial charge in [-0.05, 0) is 36.5 Å². The molecule has 4 aliphatic rings. The first-order chi connectivity index (χ1) is 25.7. The monoisotopic (exact) mass is 778 g/mol. The minimum atomic E-state index is -2.32. The fraction of sp³-hybridized carbons (Fsp3) is 0.718. The predicted octanol–water partition coefficient (Wildman–Crippen LogP) is 2.85. The summed E-state index contributed by atoms with van der Waals surface area (Å²) < 4.78 is 46.6. The average Bonchev–Trinajstić information content (AvgIpc) is 3.83. The lowest BCUT2D eigenvalue weighted by Crippen LogP contribution is -2.72. The molecule has 3 heterocycles. The smallest absolute Gasteiger partial charge is 0.335 e. The zero-order valence-corrected chi connectivity index (χ0v) is 32.6. The van der Waals surface area contributed by atoms with E-state index in [1.807, 2.05) is 0 Å². The van der Waals surface area contributed by atoms with Gasteiger partial charge in [-0.1, -0.05) is 47.6 Å². The Morgan fingerprint density at radius 1 is 1.07 bits per heavy atom. The average molecular weight is 779 g/mol. The van der Waals surface area contributed by atoms with E-state index in [0.717, 1.165) is 6.92 Å². The molecule has 5 rings (SSSR count). The molecule has 2 aliphatic heterocycles. The third-order valence-electron chi connectivity index (χ3n) is 13.1. The molecule has 0 aromatic carbocycles. The molecular weight excluding hydrogens is 724 g/mol. The molecule has 16 nitrogen and oxygen atoms in total. The molecule has 55 heavy (non-hydrogen) atoms. The summed E-state index contributed by atoms with van der Waals surface area (Å²) in [6.45, 7) is 15.2. The quantitative estimate of drug-likeness (QED) is 0.113. The molecule has 2 saturated heterocycles. The molecule has 0 amide bonds. The Balaban J connectivity index is 1.86. The maximum atomic E-state index is 14.0. The number of carbonyl (C=O) groups excluding carboxylic acids is 5. The molecule has 16 heteroatoms. The minimum Gasteiger partial charge on any atom is -0.472 e. The second-order valence-electron chi connectivity index (χ2n) is 16.0. The molecule has 0 spiro atoms. The number of hydrogen-bond donors (Lipinski definition) is 3. The molecule has 2 aliphatic carbocycles.